The van der Waals surface area contributed by atoms with Crippen molar-refractivity contribution in [1.82, 2.24) is 0 Å². The zero-order valence-electron chi connectivity index (χ0n) is 15.1. The normalized spacial score (nSPS) is 13.5. The fourth-order valence-electron chi connectivity index (χ4n) is 1.74. The summed E-state index contributed by atoms with van der Waals surface area (Å²) < 4.78 is 11.9. The number of benzene rings is 1. The van der Waals surface area contributed by atoms with E-state index in [1.807, 2.05) is 18.2 Å². The Kier molecular flexibility index (Phi) is 7.53. The first-order valence-electron chi connectivity index (χ1n) is 8.13. The zero-order valence-corrected chi connectivity index (χ0v) is 16.1. The molecule has 0 heterocycles. The minimum atomic E-state index is -1.61. The molecule has 2 nitrogen and oxygen atoms in total. The maximum absolute atomic E-state index is 6.20. The van der Waals surface area contributed by atoms with Crippen molar-refractivity contribution in [2.24, 2.45) is 0 Å². The predicted octanol–water partition coefficient (Wildman–Crippen LogP) is 5.56. The quantitative estimate of drug-likeness (QED) is 0.354. The van der Waals surface area contributed by atoms with E-state index in [9.17, 15) is 0 Å². The Morgan fingerprint density at radius 1 is 1.14 bits per heavy atom. The molecule has 0 saturated carbocycles. The molecule has 1 rings (SSSR count). The molecule has 0 saturated heterocycles. The maximum Gasteiger partial charge on any atom is 0.191 e. The van der Waals surface area contributed by atoms with Crippen LogP contribution in [0.4, 0.5) is 0 Å². The van der Waals surface area contributed by atoms with Gasteiger partial charge in [-0.1, -0.05) is 62.8 Å². The first-order valence-corrected chi connectivity index (χ1v) is 11.0. The SMILES string of the molecule is C/C(=C/COCc1ccccc1)CCO[Si](C)(C)C(C)(C)C. The predicted molar refractivity (Wildman–Crippen MR) is 97.6 cm³/mol. The zero-order chi connectivity index (χ0) is 16.6. The van der Waals surface area contributed by atoms with Crippen molar-refractivity contribution in [2.45, 2.75) is 58.9 Å². The minimum Gasteiger partial charge on any atom is -0.417 e. The molecule has 0 radical (unpaired) electrons. The van der Waals surface area contributed by atoms with Crippen LogP contribution in [-0.4, -0.2) is 21.5 Å². The number of rotatable bonds is 8. The van der Waals surface area contributed by atoms with Gasteiger partial charge in [0.2, 0.25) is 0 Å². The third-order valence-electron chi connectivity index (χ3n) is 4.43. The van der Waals surface area contributed by atoms with Gasteiger partial charge >= 0.3 is 0 Å². The van der Waals surface area contributed by atoms with Gasteiger partial charge < -0.3 is 9.16 Å². The Morgan fingerprint density at radius 3 is 2.36 bits per heavy atom. The van der Waals surface area contributed by atoms with Crippen LogP contribution in [0, 0.1) is 0 Å². The maximum atomic E-state index is 6.20. The van der Waals surface area contributed by atoms with Crippen LogP contribution in [-0.2, 0) is 15.8 Å². The summed E-state index contributed by atoms with van der Waals surface area (Å²) in [5.74, 6) is 0. The van der Waals surface area contributed by atoms with Crippen LogP contribution in [0.3, 0.4) is 0 Å². The van der Waals surface area contributed by atoms with E-state index in [0.29, 0.717) is 13.2 Å². The molecule has 0 fully saturated rings. The van der Waals surface area contributed by atoms with E-state index in [0.717, 1.165) is 13.0 Å². The van der Waals surface area contributed by atoms with E-state index in [1.54, 1.807) is 0 Å². The first-order chi connectivity index (χ1) is 10.2. The summed E-state index contributed by atoms with van der Waals surface area (Å²) >= 11 is 0. The second kappa shape index (κ2) is 8.66. The van der Waals surface area contributed by atoms with Crippen LogP contribution < -0.4 is 0 Å². The van der Waals surface area contributed by atoms with Gasteiger partial charge in [-0.15, -0.1) is 0 Å². The molecule has 3 heteroatoms. The van der Waals surface area contributed by atoms with Gasteiger partial charge in [-0.2, -0.15) is 0 Å². The molecular formula is C19H32O2Si. The molecule has 1 aromatic carbocycles. The van der Waals surface area contributed by atoms with Crippen molar-refractivity contribution < 1.29 is 9.16 Å². The van der Waals surface area contributed by atoms with Crippen molar-refractivity contribution in [3.63, 3.8) is 0 Å². The van der Waals surface area contributed by atoms with Crippen LogP contribution in [0.1, 0.15) is 39.7 Å². The second-order valence-corrected chi connectivity index (χ2v) is 12.2. The molecule has 0 atom stereocenters. The molecule has 0 aliphatic heterocycles. The summed E-state index contributed by atoms with van der Waals surface area (Å²) in [7, 11) is -1.61. The average Bonchev–Trinajstić information content (AvgIpc) is 2.43. The molecule has 1 aromatic rings. The molecular weight excluding hydrogens is 288 g/mol. The molecule has 0 amide bonds. The molecule has 0 aliphatic rings. The molecule has 22 heavy (non-hydrogen) atoms. The highest BCUT2D eigenvalue weighted by Gasteiger charge is 2.36. The summed E-state index contributed by atoms with van der Waals surface area (Å²) in [6.45, 7) is 15.7. The largest absolute Gasteiger partial charge is 0.417 e. The highest BCUT2D eigenvalue weighted by molar-refractivity contribution is 6.74. The Morgan fingerprint density at radius 2 is 1.77 bits per heavy atom. The topological polar surface area (TPSA) is 18.5 Å². The molecule has 0 N–H and O–H groups in total. The van der Waals surface area contributed by atoms with Gasteiger partial charge in [-0.3, -0.25) is 0 Å². The Balaban J connectivity index is 2.23. The molecule has 0 unspecified atom stereocenters. The van der Waals surface area contributed by atoms with Crippen LogP contribution in [0.5, 0.6) is 0 Å². The monoisotopic (exact) mass is 320 g/mol. The summed E-state index contributed by atoms with van der Waals surface area (Å²) in [5.41, 5.74) is 2.56. The smallest absolute Gasteiger partial charge is 0.191 e. The van der Waals surface area contributed by atoms with E-state index in [2.05, 4.69) is 59.0 Å². The fourth-order valence-corrected chi connectivity index (χ4v) is 2.78. The van der Waals surface area contributed by atoms with Crippen LogP contribution in [0.25, 0.3) is 0 Å². The van der Waals surface area contributed by atoms with Crippen molar-refractivity contribution in [3.8, 4) is 0 Å². The average molecular weight is 321 g/mol. The van der Waals surface area contributed by atoms with E-state index < -0.39 is 8.32 Å². The highest BCUT2D eigenvalue weighted by Crippen LogP contribution is 2.36. The van der Waals surface area contributed by atoms with E-state index >= 15 is 0 Å². The number of hydrogen-bond acceptors (Lipinski definition) is 2. The van der Waals surface area contributed by atoms with Crippen LogP contribution >= 0.6 is 0 Å². The molecule has 0 aromatic heterocycles. The van der Waals surface area contributed by atoms with Crippen molar-refractivity contribution in [2.75, 3.05) is 13.2 Å². The lowest BCUT2D eigenvalue weighted by Crippen LogP contribution is -2.41. The molecule has 124 valence electrons. The minimum absolute atomic E-state index is 0.281. The summed E-state index contributed by atoms with van der Waals surface area (Å²) in [6.07, 6.45) is 3.15. The van der Waals surface area contributed by atoms with E-state index in [1.165, 1.54) is 11.1 Å². The van der Waals surface area contributed by atoms with Crippen LogP contribution in [0.15, 0.2) is 42.0 Å². The van der Waals surface area contributed by atoms with E-state index in [-0.39, 0.29) is 5.04 Å². The summed E-state index contributed by atoms with van der Waals surface area (Å²) in [5, 5.41) is 0.281. The van der Waals surface area contributed by atoms with Crippen molar-refractivity contribution in [1.29, 1.82) is 0 Å². The third-order valence-corrected chi connectivity index (χ3v) is 8.96. The van der Waals surface area contributed by atoms with Gasteiger partial charge in [-0.05, 0) is 37.0 Å². The molecule has 0 bridgehead atoms. The fraction of sp³-hybridized carbons (Fsp3) is 0.579. The lowest BCUT2D eigenvalue weighted by atomic mass is 10.2. The highest BCUT2D eigenvalue weighted by atomic mass is 28.4. The van der Waals surface area contributed by atoms with Gasteiger partial charge in [0.25, 0.3) is 0 Å². The van der Waals surface area contributed by atoms with Crippen LogP contribution in [0.2, 0.25) is 18.1 Å². The second-order valence-electron chi connectivity index (χ2n) is 7.41. The Hall–Kier alpha value is -0.903. The number of ether oxygens (including phenoxy) is 1. The van der Waals surface area contributed by atoms with Gasteiger partial charge in [0, 0.05) is 6.61 Å². The van der Waals surface area contributed by atoms with Gasteiger partial charge in [0.1, 0.15) is 0 Å². The number of hydrogen-bond donors (Lipinski definition) is 0. The third kappa shape index (κ3) is 6.90. The van der Waals surface area contributed by atoms with Gasteiger partial charge in [0.05, 0.1) is 13.2 Å². The lowest BCUT2D eigenvalue weighted by molar-refractivity contribution is 0.148. The Bertz CT molecular complexity index is 458. The molecule has 0 aliphatic carbocycles. The van der Waals surface area contributed by atoms with Gasteiger partial charge in [-0.25, -0.2) is 0 Å². The van der Waals surface area contributed by atoms with Crippen molar-refractivity contribution >= 4 is 8.32 Å². The summed E-state index contributed by atoms with van der Waals surface area (Å²) in [6, 6.07) is 10.3. The van der Waals surface area contributed by atoms with Crippen molar-refractivity contribution in [3.05, 3.63) is 47.5 Å². The Labute approximate surface area is 137 Å². The molecule has 0 spiro atoms. The lowest BCUT2D eigenvalue weighted by Gasteiger charge is -2.36. The van der Waals surface area contributed by atoms with E-state index in [4.69, 9.17) is 9.16 Å². The standard InChI is InChI=1S/C19H32O2Si/c1-17(13-15-21-22(5,6)19(2,3)4)12-14-20-16-18-10-8-7-9-11-18/h7-12H,13-16H2,1-6H3/b17-12-. The first kappa shape index (κ1) is 19.1. The van der Waals surface area contributed by atoms with Gasteiger partial charge in [0.15, 0.2) is 8.32 Å². The summed E-state index contributed by atoms with van der Waals surface area (Å²) in [4.78, 5) is 0.